The van der Waals surface area contributed by atoms with Gasteiger partial charge in [0.1, 0.15) is 11.5 Å². The second kappa shape index (κ2) is 4.13. The highest BCUT2D eigenvalue weighted by Gasteiger charge is 2.19. The Morgan fingerprint density at radius 2 is 2.29 bits per heavy atom. The van der Waals surface area contributed by atoms with Gasteiger partial charge in [0.2, 0.25) is 0 Å². The minimum atomic E-state index is -0.381. The van der Waals surface area contributed by atoms with E-state index in [1.807, 2.05) is 0 Å². The first-order valence-corrected chi connectivity index (χ1v) is 5.73. The van der Waals surface area contributed by atoms with Crippen LogP contribution in [-0.4, -0.2) is 16.4 Å². The molecule has 1 aromatic heterocycles. The normalized spacial score (nSPS) is 14.7. The van der Waals surface area contributed by atoms with Crippen molar-refractivity contribution in [1.29, 1.82) is 0 Å². The standard InChI is InChI=1S/C12H10ClFN2O/c13-9-2-1-3-10(14)12(9)16-11-7-17-5-4-8(11)6-15-16/h1-3,6H,4-5,7H2. The van der Waals surface area contributed by atoms with Crippen LogP contribution in [0.1, 0.15) is 11.3 Å². The molecule has 0 N–H and O–H groups in total. The summed E-state index contributed by atoms with van der Waals surface area (Å²) in [6.07, 6.45) is 2.56. The van der Waals surface area contributed by atoms with Crippen LogP contribution in [0.3, 0.4) is 0 Å². The number of aromatic nitrogens is 2. The molecule has 3 rings (SSSR count). The predicted molar refractivity (Wildman–Crippen MR) is 61.9 cm³/mol. The quantitative estimate of drug-likeness (QED) is 0.780. The van der Waals surface area contributed by atoms with Crippen molar-refractivity contribution >= 4 is 11.6 Å². The Morgan fingerprint density at radius 1 is 1.41 bits per heavy atom. The summed E-state index contributed by atoms with van der Waals surface area (Å²) < 4.78 is 20.7. The monoisotopic (exact) mass is 252 g/mol. The highest BCUT2D eigenvalue weighted by atomic mass is 35.5. The van der Waals surface area contributed by atoms with Gasteiger partial charge in [-0.15, -0.1) is 0 Å². The largest absolute Gasteiger partial charge is 0.375 e. The van der Waals surface area contributed by atoms with Crippen molar-refractivity contribution in [2.24, 2.45) is 0 Å². The number of fused-ring (bicyclic) bond motifs is 1. The third-order valence-corrected chi connectivity index (χ3v) is 3.16. The highest BCUT2D eigenvalue weighted by molar-refractivity contribution is 6.32. The van der Waals surface area contributed by atoms with Crippen molar-refractivity contribution in [3.63, 3.8) is 0 Å². The summed E-state index contributed by atoms with van der Waals surface area (Å²) in [4.78, 5) is 0. The van der Waals surface area contributed by atoms with Gasteiger partial charge in [0.05, 0.1) is 30.1 Å². The van der Waals surface area contributed by atoms with E-state index in [1.54, 1.807) is 18.3 Å². The molecule has 0 amide bonds. The van der Waals surface area contributed by atoms with Gasteiger partial charge in [-0.05, 0) is 24.1 Å². The van der Waals surface area contributed by atoms with Crippen LogP contribution in [0.2, 0.25) is 5.02 Å². The zero-order chi connectivity index (χ0) is 11.8. The van der Waals surface area contributed by atoms with Crippen LogP contribution in [-0.2, 0) is 17.8 Å². The molecule has 0 spiro atoms. The molecule has 0 aliphatic carbocycles. The van der Waals surface area contributed by atoms with Crippen LogP contribution in [0.15, 0.2) is 24.4 Å². The van der Waals surface area contributed by atoms with Crippen LogP contribution in [0.5, 0.6) is 0 Å². The van der Waals surface area contributed by atoms with Crippen LogP contribution in [0.25, 0.3) is 5.69 Å². The summed E-state index contributed by atoms with van der Waals surface area (Å²) in [6.45, 7) is 1.13. The molecule has 1 aliphatic rings. The fraction of sp³-hybridized carbons (Fsp3) is 0.250. The first-order valence-electron chi connectivity index (χ1n) is 5.35. The molecule has 0 saturated carbocycles. The predicted octanol–water partition coefficient (Wildman–Crippen LogP) is 2.74. The van der Waals surface area contributed by atoms with Crippen molar-refractivity contribution in [3.8, 4) is 5.69 Å². The summed E-state index contributed by atoms with van der Waals surface area (Å²) >= 11 is 6.02. The Hall–Kier alpha value is -1.39. The lowest BCUT2D eigenvalue weighted by Gasteiger charge is -2.15. The number of hydrogen-bond donors (Lipinski definition) is 0. The maximum atomic E-state index is 13.8. The molecular weight excluding hydrogens is 243 g/mol. The number of nitrogens with zero attached hydrogens (tertiary/aromatic N) is 2. The first-order chi connectivity index (χ1) is 8.27. The molecule has 0 unspecified atom stereocenters. The van der Waals surface area contributed by atoms with E-state index in [-0.39, 0.29) is 5.82 Å². The molecule has 0 fully saturated rings. The second-order valence-corrected chi connectivity index (χ2v) is 4.31. The molecule has 0 atom stereocenters. The molecule has 1 aliphatic heterocycles. The van der Waals surface area contributed by atoms with Gasteiger partial charge in [0.15, 0.2) is 0 Å². The Labute approximate surface area is 103 Å². The molecule has 5 heteroatoms. The van der Waals surface area contributed by atoms with Gasteiger partial charge >= 0.3 is 0 Å². The molecule has 88 valence electrons. The van der Waals surface area contributed by atoms with Gasteiger partial charge in [-0.2, -0.15) is 5.10 Å². The molecule has 0 saturated heterocycles. The van der Waals surface area contributed by atoms with Crippen molar-refractivity contribution in [1.82, 2.24) is 9.78 Å². The number of para-hydroxylation sites is 1. The smallest absolute Gasteiger partial charge is 0.150 e. The Morgan fingerprint density at radius 3 is 3.12 bits per heavy atom. The van der Waals surface area contributed by atoms with Crippen molar-refractivity contribution < 1.29 is 9.13 Å². The Kier molecular flexibility index (Phi) is 2.61. The number of benzene rings is 1. The molecular formula is C12H10ClFN2O. The molecule has 2 heterocycles. The van der Waals surface area contributed by atoms with Gasteiger partial charge in [0, 0.05) is 0 Å². The number of ether oxygens (including phenoxy) is 1. The molecule has 17 heavy (non-hydrogen) atoms. The summed E-state index contributed by atoms with van der Waals surface area (Å²) in [5.41, 5.74) is 2.26. The van der Waals surface area contributed by atoms with E-state index < -0.39 is 0 Å². The second-order valence-electron chi connectivity index (χ2n) is 3.90. The Bertz CT molecular complexity index is 547. The minimum absolute atomic E-state index is 0.293. The summed E-state index contributed by atoms with van der Waals surface area (Å²) in [5, 5.41) is 4.55. The van der Waals surface area contributed by atoms with Gasteiger partial charge in [-0.25, -0.2) is 9.07 Å². The van der Waals surface area contributed by atoms with E-state index in [2.05, 4.69) is 5.10 Å². The fourth-order valence-electron chi connectivity index (χ4n) is 2.01. The lowest BCUT2D eigenvalue weighted by molar-refractivity contribution is 0.106. The Balaban J connectivity index is 2.19. The third-order valence-electron chi connectivity index (χ3n) is 2.86. The van der Waals surface area contributed by atoms with Crippen molar-refractivity contribution in [2.45, 2.75) is 13.0 Å². The minimum Gasteiger partial charge on any atom is -0.375 e. The average molecular weight is 253 g/mol. The molecule has 1 aromatic carbocycles. The number of rotatable bonds is 1. The van der Waals surface area contributed by atoms with Crippen LogP contribution < -0.4 is 0 Å². The van der Waals surface area contributed by atoms with E-state index in [9.17, 15) is 4.39 Å². The van der Waals surface area contributed by atoms with E-state index in [1.165, 1.54) is 10.7 Å². The maximum absolute atomic E-state index is 13.8. The van der Waals surface area contributed by atoms with E-state index in [4.69, 9.17) is 16.3 Å². The summed E-state index contributed by atoms with van der Waals surface area (Å²) in [6, 6.07) is 4.60. The summed E-state index contributed by atoms with van der Waals surface area (Å²) in [5.74, 6) is -0.381. The van der Waals surface area contributed by atoms with E-state index >= 15 is 0 Å². The van der Waals surface area contributed by atoms with Crippen LogP contribution >= 0.6 is 11.6 Å². The molecule has 0 bridgehead atoms. The van der Waals surface area contributed by atoms with E-state index in [0.29, 0.717) is 23.9 Å². The number of halogens is 2. The van der Waals surface area contributed by atoms with Gasteiger partial charge in [0.25, 0.3) is 0 Å². The average Bonchev–Trinajstić information content (AvgIpc) is 2.73. The lowest BCUT2D eigenvalue weighted by atomic mass is 10.1. The zero-order valence-electron chi connectivity index (χ0n) is 8.99. The van der Waals surface area contributed by atoms with Gasteiger partial charge in [-0.1, -0.05) is 17.7 Å². The van der Waals surface area contributed by atoms with Gasteiger partial charge in [-0.3, -0.25) is 0 Å². The van der Waals surface area contributed by atoms with Crippen molar-refractivity contribution in [3.05, 3.63) is 46.5 Å². The summed E-state index contributed by atoms with van der Waals surface area (Å²) in [7, 11) is 0. The molecule has 0 radical (unpaired) electrons. The highest BCUT2D eigenvalue weighted by Crippen LogP contribution is 2.27. The SMILES string of the molecule is Fc1cccc(Cl)c1-n1ncc2c1COCC2. The molecule has 3 nitrogen and oxygen atoms in total. The van der Waals surface area contributed by atoms with Gasteiger partial charge < -0.3 is 4.74 Å². The first kappa shape index (κ1) is 10.7. The van der Waals surface area contributed by atoms with Crippen molar-refractivity contribution in [2.75, 3.05) is 6.61 Å². The third kappa shape index (κ3) is 1.73. The fourth-order valence-corrected chi connectivity index (χ4v) is 2.25. The zero-order valence-corrected chi connectivity index (χ0v) is 9.75. The maximum Gasteiger partial charge on any atom is 0.150 e. The van der Waals surface area contributed by atoms with Crippen LogP contribution in [0, 0.1) is 5.82 Å². The molecule has 2 aromatic rings. The number of hydrogen-bond acceptors (Lipinski definition) is 2. The van der Waals surface area contributed by atoms with E-state index in [0.717, 1.165) is 17.7 Å². The topological polar surface area (TPSA) is 27.1 Å². The van der Waals surface area contributed by atoms with Crippen LogP contribution in [0.4, 0.5) is 4.39 Å². The lowest BCUT2D eigenvalue weighted by Crippen LogP contribution is -2.13.